The van der Waals surface area contributed by atoms with E-state index in [4.69, 9.17) is 9.47 Å². The van der Waals surface area contributed by atoms with Gasteiger partial charge in [0.1, 0.15) is 5.75 Å². The molecule has 0 bridgehead atoms. The van der Waals surface area contributed by atoms with Crippen LogP contribution in [0.1, 0.15) is 91.8 Å². The second kappa shape index (κ2) is 16.5. The van der Waals surface area contributed by atoms with Crippen molar-refractivity contribution in [2.75, 3.05) is 53.1 Å². The Hall–Kier alpha value is -3.81. The van der Waals surface area contributed by atoms with Crippen LogP contribution in [-0.2, 0) is 28.0 Å². The molecular formula is C42H56N6O5S. The van der Waals surface area contributed by atoms with Crippen LogP contribution in [0.5, 0.6) is 5.75 Å². The molecule has 4 heterocycles. The van der Waals surface area contributed by atoms with Gasteiger partial charge < -0.3 is 14.0 Å². The minimum Gasteiger partial charge on any atom is -0.497 e. The van der Waals surface area contributed by atoms with Crippen LogP contribution < -0.4 is 9.46 Å². The second-order valence-electron chi connectivity index (χ2n) is 15.9. The third kappa shape index (κ3) is 8.68. The molecule has 0 atom stereocenters. The molecule has 7 rings (SSSR count). The van der Waals surface area contributed by atoms with Crippen molar-refractivity contribution in [3.8, 4) is 17.0 Å². The van der Waals surface area contributed by atoms with Gasteiger partial charge in [0.25, 0.3) is 5.91 Å². The molecular weight excluding hydrogens is 701 g/mol. The van der Waals surface area contributed by atoms with E-state index in [9.17, 15) is 13.2 Å². The summed E-state index contributed by atoms with van der Waals surface area (Å²) in [6.45, 7) is 13.1. The summed E-state index contributed by atoms with van der Waals surface area (Å²) < 4.78 is 44.3. The molecule has 2 aliphatic heterocycles. The largest absolute Gasteiger partial charge is 0.497 e. The summed E-state index contributed by atoms with van der Waals surface area (Å²) in [6.07, 6.45) is 11.4. The first kappa shape index (κ1) is 38.5. The van der Waals surface area contributed by atoms with Crippen LogP contribution >= 0.6 is 0 Å². The monoisotopic (exact) mass is 756 g/mol. The molecule has 2 saturated heterocycles. The summed E-state index contributed by atoms with van der Waals surface area (Å²) in [7, 11) is -2.20. The summed E-state index contributed by atoms with van der Waals surface area (Å²) >= 11 is 0. The number of aromatic nitrogens is 2. The highest BCUT2D eigenvalue weighted by Gasteiger charge is 2.33. The van der Waals surface area contributed by atoms with Crippen molar-refractivity contribution in [2.24, 2.45) is 0 Å². The lowest BCUT2D eigenvalue weighted by atomic mass is 9.81. The number of hydrogen-bond donors (Lipinski definition) is 1. The van der Waals surface area contributed by atoms with Crippen molar-refractivity contribution < 1.29 is 22.7 Å². The average molecular weight is 757 g/mol. The van der Waals surface area contributed by atoms with Gasteiger partial charge in [-0.05, 0) is 112 Å². The smallest absolute Gasteiger partial charge is 0.304 e. The molecule has 1 N–H and O–H groups in total. The number of hydrogen-bond acceptors (Lipinski definition) is 8. The van der Waals surface area contributed by atoms with Crippen LogP contribution in [0.3, 0.4) is 0 Å². The third-order valence-electron chi connectivity index (χ3n) is 11.4. The molecule has 12 heteroatoms. The Balaban J connectivity index is 1.22. The average Bonchev–Trinajstić information content (AvgIpc) is 3.25. The molecule has 1 aliphatic carbocycles. The summed E-state index contributed by atoms with van der Waals surface area (Å²) in [5.74, 6) is 0.550. The summed E-state index contributed by atoms with van der Waals surface area (Å²) in [5, 5.41) is 1.10. The Bertz CT molecular complexity index is 2040. The molecule has 1 saturated carbocycles. The number of amides is 1. The maximum Gasteiger partial charge on any atom is 0.304 e. The summed E-state index contributed by atoms with van der Waals surface area (Å²) in [5.41, 5.74) is 6.55. The molecule has 0 radical (unpaired) electrons. The van der Waals surface area contributed by atoms with E-state index in [1.54, 1.807) is 13.2 Å². The molecule has 0 spiro atoms. The molecule has 2 aromatic heterocycles. The lowest BCUT2D eigenvalue weighted by Gasteiger charge is -2.31. The minimum absolute atomic E-state index is 0.317. The van der Waals surface area contributed by atoms with Gasteiger partial charge in [0.05, 0.1) is 31.7 Å². The molecule has 290 valence electrons. The van der Waals surface area contributed by atoms with Crippen LogP contribution in [-0.4, -0.2) is 96.7 Å². The Morgan fingerprint density at radius 1 is 0.926 bits per heavy atom. The number of carbonyl (C=O) groups is 1. The van der Waals surface area contributed by atoms with Crippen LogP contribution in [0.15, 0.2) is 60.9 Å². The maximum absolute atomic E-state index is 13.6. The Labute approximate surface area is 320 Å². The Kier molecular flexibility index (Phi) is 11.8. The number of nitrogens with one attached hydrogen (secondary N) is 1. The number of carbonyl (C=O) groups excluding carboxylic acids is 1. The SMILES string of the molecule is COc1ccc(-c2c(C3CCCCC3)c3ccc(C(=O)NS(=O)(=O)N4CCC4)cc3n2CC(C)(C)OCN2CCCN(Cc3cccnc3)CC2)c(C)c1. The highest BCUT2D eigenvalue weighted by atomic mass is 32.2. The van der Waals surface area contributed by atoms with Gasteiger partial charge in [-0.25, -0.2) is 4.72 Å². The number of ether oxygens (including phenoxy) is 2. The number of methoxy groups -OCH3 is 1. The van der Waals surface area contributed by atoms with Crippen molar-refractivity contribution in [3.05, 3.63) is 83.2 Å². The molecule has 3 fully saturated rings. The molecule has 0 unspecified atom stereocenters. The topological polar surface area (TPSA) is 109 Å². The highest BCUT2D eigenvalue weighted by Crippen LogP contribution is 2.46. The van der Waals surface area contributed by atoms with E-state index >= 15 is 0 Å². The van der Waals surface area contributed by atoms with Crippen molar-refractivity contribution in [2.45, 2.75) is 90.3 Å². The van der Waals surface area contributed by atoms with Crippen molar-refractivity contribution in [3.63, 3.8) is 0 Å². The fourth-order valence-electron chi connectivity index (χ4n) is 8.33. The van der Waals surface area contributed by atoms with Gasteiger partial charge in [0.15, 0.2) is 0 Å². The van der Waals surface area contributed by atoms with E-state index in [1.165, 1.54) is 34.7 Å². The first-order valence-electron chi connectivity index (χ1n) is 19.6. The number of nitrogens with zero attached hydrogens (tertiary/aromatic N) is 5. The first-order chi connectivity index (χ1) is 26.0. The van der Waals surface area contributed by atoms with Gasteiger partial charge in [-0.1, -0.05) is 31.4 Å². The lowest BCUT2D eigenvalue weighted by molar-refractivity contribution is -0.0802. The zero-order valence-electron chi connectivity index (χ0n) is 32.4. The predicted octanol–water partition coefficient (Wildman–Crippen LogP) is 6.71. The molecule has 2 aromatic carbocycles. The molecule has 3 aliphatic rings. The molecule has 11 nitrogen and oxygen atoms in total. The standard InChI is InChI=1S/C42H56N6O5S/c1-31-25-35(52-4)15-17-36(31)40-39(33-12-6-5-7-13-33)37-16-14-34(41(49)44-54(50,51)47-21-10-22-47)26-38(37)48(40)29-42(2,3)53-30-46-20-9-19-45(23-24-46)28-32-11-8-18-43-27-32/h8,11,14-18,25-27,33H,5-7,9-10,12-13,19-24,28-30H2,1-4H3,(H,44,49). The van der Waals surface area contributed by atoms with Gasteiger partial charge in [-0.2, -0.15) is 12.7 Å². The Morgan fingerprint density at radius 3 is 2.39 bits per heavy atom. The van der Waals surface area contributed by atoms with E-state index in [0.29, 0.717) is 37.8 Å². The fourth-order valence-corrected chi connectivity index (χ4v) is 9.55. The Morgan fingerprint density at radius 2 is 1.69 bits per heavy atom. The summed E-state index contributed by atoms with van der Waals surface area (Å²) in [6, 6.07) is 16.1. The normalized spacial score (nSPS) is 18.4. The van der Waals surface area contributed by atoms with Crippen LogP contribution in [0, 0.1) is 6.92 Å². The van der Waals surface area contributed by atoms with Gasteiger partial charge in [-0.3, -0.25) is 19.6 Å². The van der Waals surface area contributed by atoms with E-state index in [0.717, 1.165) is 91.9 Å². The quantitative estimate of drug-likeness (QED) is 0.161. The van der Waals surface area contributed by atoms with Crippen molar-refractivity contribution in [1.82, 2.24) is 28.4 Å². The first-order valence-corrected chi connectivity index (χ1v) is 21.1. The van der Waals surface area contributed by atoms with E-state index in [2.05, 4.69) is 63.0 Å². The number of rotatable bonds is 13. The fraction of sp³-hybridized carbons (Fsp3) is 0.524. The van der Waals surface area contributed by atoms with Crippen LogP contribution in [0.4, 0.5) is 0 Å². The van der Waals surface area contributed by atoms with Gasteiger partial charge in [-0.15, -0.1) is 0 Å². The van der Waals surface area contributed by atoms with E-state index in [1.807, 2.05) is 36.7 Å². The third-order valence-corrected chi connectivity index (χ3v) is 12.9. The predicted molar refractivity (Wildman–Crippen MR) is 213 cm³/mol. The summed E-state index contributed by atoms with van der Waals surface area (Å²) in [4.78, 5) is 22.8. The van der Waals surface area contributed by atoms with E-state index in [-0.39, 0.29) is 0 Å². The van der Waals surface area contributed by atoms with E-state index < -0.39 is 21.7 Å². The van der Waals surface area contributed by atoms with Crippen LogP contribution in [0.2, 0.25) is 0 Å². The zero-order valence-corrected chi connectivity index (χ0v) is 33.2. The molecule has 1 amide bonds. The number of aryl methyl sites for hydroxylation is 1. The number of benzene rings is 2. The van der Waals surface area contributed by atoms with Gasteiger partial charge in [0, 0.05) is 73.7 Å². The second-order valence-corrected chi connectivity index (χ2v) is 17.6. The minimum atomic E-state index is -3.89. The zero-order chi connectivity index (χ0) is 37.9. The van der Waals surface area contributed by atoms with Gasteiger partial charge >= 0.3 is 10.2 Å². The number of pyridine rings is 1. The highest BCUT2D eigenvalue weighted by molar-refractivity contribution is 7.87. The van der Waals surface area contributed by atoms with Gasteiger partial charge in [0.2, 0.25) is 0 Å². The van der Waals surface area contributed by atoms with Crippen molar-refractivity contribution >= 4 is 27.0 Å². The van der Waals surface area contributed by atoms with Crippen LogP contribution in [0.25, 0.3) is 22.2 Å². The molecule has 54 heavy (non-hydrogen) atoms. The maximum atomic E-state index is 13.6. The lowest BCUT2D eigenvalue weighted by Crippen LogP contribution is -2.49. The number of fused-ring (bicyclic) bond motifs is 1. The van der Waals surface area contributed by atoms with Crippen molar-refractivity contribution in [1.29, 1.82) is 0 Å². The molecule has 4 aromatic rings.